The SMILES string of the molecule is CN1CC[C@@H](C2(NC(=O)N[C@H]3CCCCCCCC[C@@H](C(=O)C(=O)NC4CC4)NC(=O)[C@@H]4[C@@H]5[C@H](CN4C3=O)C5(C)C)CCCCC2)S1(=O)=O. The van der Waals surface area contributed by atoms with Crippen LogP contribution in [0.4, 0.5) is 4.79 Å². The van der Waals surface area contributed by atoms with E-state index >= 15 is 0 Å². The second-order valence-corrected chi connectivity index (χ2v) is 18.5. The lowest BCUT2D eigenvalue weighted by molar-refractivity contribution is -0.144. The lowest BCUT2D eigenvalue weighted by atomic mass is 9.78. The van der Waals surface area contributed by atoms with Gasteiger partial charge >= 0.3 is 6.03 Å². The molecule has 0 aromatic carbocycles. The van der Waals surface area contributed by atoms with Gasteiger partial charge in [0.15, 0.2) is 0 Å². The second kappa shape index (κ2) is 14.1. The summed E-state index contributed by atoms with van der Waals surface area (Å²) in [4.78, 5) is 70.0. The topological polar surface area (TPSA) is 174 Å². The van der Waals surface area contributed by atoms with Gasteiger partial charge in [0.25, 0.3) is 5.91 Å². The standard InChI is InChI=1S/C35H56N6O7S/c1-34(2)23-21-41-28(27(23)34)30(43)37-24(29(42)31(44)36-22-15-16-22)13-9-6-4-5-7-10-14-25(32(41)45)38-33(46)39-35(18-11-8-12-19-35)26-17-20-40(3)49(26,47)48/h22-28H,4-21H2,1-3H3,(H,36,44)(H,37,43)(H2,38,39,46)/t23-,24-,25-,26-,27-,28-/m0/s1. The molecule has 0 bridgehead atoms. The summed E-state index contributed by atoms with van der Waals surface area (Å²) in [5.74, 6) is -2.09. The van der Waals surface area contributed by atoms with Crippen molar-refractivity contribution in [2.75, 3.05) is 20.1 Å². The van der Waals surface area contributed by atoms with E-state index < -0.39 is 62.6 Å². The summed E-state index contributed by atoms with van der Waals surface area (Å²) < 4.78 is 28.0. The van der Waals surface area contributed by atoms with Crippen LogP contribution >= 0.6 is 0 Å². The van der Waals surface area contributed by atoms with Gasteiger partial charge in [0.05, 0.1) is 16.8 Å². The smallest absolute Gasteiger partial charge is 0.315 e. The molecule has 14 heteroatoms. The number of nitrogens with one attached hydrogen (secondary N) is 4. The van der Waals surface area contributed by atoms with Crippen LogP contribution < -0.4 is 21.3 Å². The summed E-state index contributed by atoms with van der Waals surface area (Å²) in [6.45, 7) is 4.94. The average Bonchev–Trinajstić information content (AvgIpc) is 3.86. The van der Waals surface area contributed by atoms with Gasteiger partial charge in [-0.25, -0.2) is 17.5 Å². The quantitative estimate of drug-likeness (QED) is 0.307. The first-order valence-corrected chi connectivity index (χ1v) is 20.3. The average molecular weight is 705 g/mol. The van der Waals surface area contributed by atoms with Gasteiger partial charge in [-0.05, 0) is 62.2 Å². The zero-order valence-corrected chi connectivity index (χ0v) is 30.2. The van der Waals surface area contributed by atoms with Crippen LogP contribution in [-0.4, -0.2) is 102 Å². The highest BCUT2D eigenvalue weighted by Crippen LogP contribution is 2.65. The molecule has 0 unspecified atom stereocenters. The molecule has 274 valence electrons. The first-order valence-electron chi connectivity index (χ1n) is 18.8. The lowest BCUT2D eigenvalue weighted by Gasteiger charge is -2.42. The van der Waals surface area contributed by atoms with Crippen LogP contribution in [0.15, 0.2) is 0 Å². The molecule has 6 rings (SSSR count). The Labute approximate surface area is 290 Å². The Morgan fingerprint density at radius 1 is 0.837 bits per heavy atom. The highest BCUT2D eigenvalue weighted by Gasteiger charge is 2.69. The van der Waals surface area contributed by atoms with E-state index in [1.54, 1.807) is 11.9 Å². The fraction of sp³-hybridized carbons (Fsp3) is 0.857. The molecule has 6 atom stereocenters. The molecule has 3 aliphatic heterocycles. The van der Waals surface area contributed by atoms with Gasteiger partial charge < -0.3 is 26.2 Å². The summed E-state index contributed by atoms with van der Waals surface area (Å²) in [6, 6.07) is -3.22. The van der Waals surface area contributed by atoms with Crippen molar-refractivity contribution in [2.24, 2.45) is 17.3 Å². The third-order valence-corrected chi connectivity index (χ3v) is 15.1. The molecule has 3 saturated carbocycles. The van der Waals surface area contributed by atoms with Crippen LogP contribution in [0.1, 0.15) is 117 Å². The Morgan fingerprint density at radius 2 is 1.47 bits per heavy atom. The first-order chi connectivity index (χ1) is 23.3. The molecule has 0 spiro atoms. The van der Waals surface area contributed by atoms with Crippen LogP contribution in [0.3, 0.4) is 0 Å². The highest BCUT2D eigenvalue weighted by molar-refractivity contribution is 7.90. The molecular formula is C35H56N6O7S. The third-order valence-electron chi connectivity index (χ3n) is 12.6. The molecule has 0 aromatic rings. The van der Waals surface area contributed by atoms with Gasteiger partial charge in [-0.15, -0.1) is 0 Å². The van der Waals surface area contributed by atoms with Crippen molar-refractivity contribution in [2.45, 2.75) is 152 Å². The molecule has 6 aliphatic rings. The Kier molecular flexibility index (Phi) is 10.4. The van der Waals surface area contributed by atoms with Gasteiger partial charge in [0.2, 0.25) is 27.6 Å². The number of rotatable bonds is 6. The van der Waals surface area contributed by atoms with E-state index in [0.717, 1.165) is 57.8 Å². The predicted octanol–water partition coefficient (Wildman–Crippen LogP) is 2.34. The van der Waals surface area contributed by atoms with Crippen molar-refractivity contribution in [3.05, 3.63) is 0 Å². The fourth-order valence-electron chi connectivity index (χ4n) is 9.33. The molecule has 0 aromatic heterocycles. The zero-order chi connectivity index (χ0) is 35.1. The van der Waals surface area contributed by atoms with E-state index in [9.17, 15) is 32.4 Å². The van der Waals surface area contributed by atoms with Crippen LogP contribution in [0.2, 0.25) is 0 Å². The number of carbonyl (C=O) groups excluding carboxylic acids is 5. The number of hydrogen-bond donors (Lipinski definition) is 4. The third kappa shape index (κ3) is 7.36. The molecule has 0 radical (unpaired) electrons. The van der Waals surface area contributed by atoms with E-state index in [1.165, 1.54) is 4.31 Å². The molecular weight excluding hydrogens is 648 g/mol. The number of piperidine rings is 1. The summed E-state index contributed by atoms with van der Waals surface area (Å²) >= 11 is 0. The number of sulfonamides is 1. The summed E-state index contributed by atoms with van der Waals surface area (Å²) in [6.07, 6.45) is 11.5. The number of urea groups is 1. The van der Waals surface area contributed by atoms with E-state index in [0.29, 0.717) is 58.0 Å². The molecule has 4 N–H and O–H groups in total. The largest absolute Gasteiger partial charge is 0.347 e. The number of nitrogens with zero attached hydrogens (tertiary/aromatic N) is 2. The van der Waals surface area contributed by atoms with Gasteiger partial charge in [0.1, 0.15) is 12.1 Å². The molecule has 3 saturated heterocycles. The number of carbonyl (C=O) groups is 5. The highest BCUT2D eigenvalue weighted by atomic mass is 32.2. The van der Waals surface area contributed by atoms with Crippen molar-refractivity contribution in [3.8, 4) is 0 Å². The van der Waals surface area contributed by atoms with E-state index in [2.05, 4.69) is 35.1 Å². The number of hydrogen-bond acceptors (Lipinski definition) is 7. The number of fused-ring (bicyclic) bond motifs is 3. The Balaban J connectivity index is 1.22. The molecule has 3 heterocycles. The van der Waals surface area contributed by atoms with Crippen LogP contribution in [0, 0.1) is 17.3 Å². The van der Waals surface area contributed by atoms with E-state index in [-0.39, 0.29) is 29.2 Å². The minimum atomic E-state index is -3.58. The molecule has 5 amide bonds. The number of Topliss-reactive ketones (excluding diaryl/α,β-unsaturated/α-hetero) is 1. The van der Waals surface area contributed by atoms with Gasteiger partial charge in [0, 0.05) is 26.2 Å². The van der Waals surface area contributed by atoms with Crippen LogP contribution in [-0.2, 0) is 29.2 Å². The minimum Gasteiger partial charge on any atom is -0.347 e. The molecule has 13 nitrogen and oxygen atoms in total. The maximum Gasteiger partial charge on any atom is 0.315 e. The maximum absolute atomic E-state index is 14.4. The molecule has 49 heavy (non-hydrogen) atoms. The van der Waals surface area contributed by atoms with Crippen LogP contribution in [0.5, 0.6) is 0 Å². The van der Waals surface area contributed by atoms with Crippen molar-refractivity contribution < 1.29 is 32.4 Å². The normalized spacial score (nSPS) is 34.7. The van der Waals surface area contributed by atoms with Crippen molar-refractivity contribution in [1.82, 2.24) is 30.5 Å². The van der Waals surface area contributed by atoms with Crippen molar-refractivity contribution in [3.63, 3.8) is 0 Å². The van der Waals surface area contributed by atoms with Crippen molar-refractivity contribution in [1.29, 1.82) is 0 Å². The van der Waals surface area contributed by atoms with Crippen molar-refractivity contribution >= 4 is 39.6 Å². The number of ketones is 1. The molecule has 3 aliphatic carbocycles. The van der Waals surface area contributed by atoms with Gasteiger partial charge in [-0.3, -0.25) is 19.2 Å². The fourth-order valence-corrected chi connectivity index (χ4v) is 11.4. The lowest BCUT2D eigenvalue weighted by Crippen LogP contribution is -2.63. The van der Waals surface area contributed by atoms with Gasteiger partial charge in [-0.1, -0.05) is 71.6 Å². The van der Waals surface area contributed by atoms with E-state index in [4.69, 9.17) is 0 Å². The Morgan fingerprint density at radius 3 is 2.10 bits per heavy atom. The maximum atomic E-state index is 14.4. The summed E-state index contributed by atoms with van der Waals surface area (Å²) in [7, 11) is -2.00. The summed E-state index contributed by atoms with van der Waals surface area (Å²) in [5, 5.41) is 11.0. The minimum absolute atomic E-state index is 0.0175. The predicted molar refractivity (Wildman–Crippen MR) is 183 cm³/mol. The Hall–Kier alpha value is -2.74. The first kappa shape index (κ1) is 36.1. The Bertz CT molecular complexity index is 1420. The number of amides is 5. The zero-order valence-electron chi connectivity index (χ0n) is 29.4. The summed E-state index contributed by atoms with van der Waals surface area (Å²) in [5.41, 5.74) is -1.08. The molecule has 6 fully saturated rings. The van der Waals surface area contributed by atoms with Gasteiger partial charge in [-0.2, -0.15) is 0 Å². The second-order valence-electron chi connectivity index (χ2n) is 16.3. The van der Waals surface area contributed by atoms with Crippen LogP contribution in [0.25, 0.3) is 0 Å². The monoisotopic (exact) mass is 704 g/mol. The van der Waals surface area contributed by atoms with E-state index in [1.807, 2.05) is 0 Å².